The van der Waals surface area contributed by atoms with Crippen LogP contribution < -0.4 is 20.7 Å². The number of aliphatic hydroxyl groups is 1. The summed E-state index contributed by atoms with van der Waals surface area (Å²) in [6, 6.07) is 3.59. The summed E-state index contributed by atoms with van der Waals surface area (Å²) in [5.41, 5.74) is 1.66. The maximum atomic E-state index is 13.5. The average molecular weight is 531 g/mol. The Morgan fingerprint density at radius 3 is 2.55 bits per heavy atom. The lowest BCUT2D eigenvalue weighted by molar-refractivity contribution is 0.0373. The highest BCUT2D eigenvalue weighted by Gasteiger charge is 2.35. The monoisotopic (exact) mass is 530 g/mol. The SMILES string of the molecule is Cc1noc(C)c1NC(=O)N(C)C[C@H]1Oc2c(NC(=O)NC(C)C)cccc2C(=O)N([C@H](C)CO)C[C@@H]1C. The molecule has 2 aromatic rings. The highest BCUT2D eigenvalue weighted by molar-refractivity contribution is 6.01. The molecule has 4 N–H and O–H groups in total. The molecular formula is C26H38N6O6. The quantitative estimate of drug-likeness (QED) is 0.429. The van der Waals surface area contributed by atoms with Gasteiger partial charge in [0.25, 0.3) is 5.91 Å². The minimum Gasteiger partial charge on any atom is -0.485 e. The van der Waals surface area contributed by atoms with Crippen molar-refractivity contribution in [3.8, 4) is 5.75 Å². The molecule has 0 saturated carbocycles. The van der Waals surface area contributed by atoms with Crippen LogP contribution in [0.25, 0.3) is 0 Å². The fourth-order valence-corrected chi connectivity index (χ4v) is 4.20. The molecule has 0 bridgehead atoms. The van der Waals surface area contributed by atoms with Gasteiger partial charge in [0.1, 0.15) is 17.5 Å². The Morgan fingerprint density at radius 1 is 1.24 bits per heavy atom. The van der Waals surface area contributed by atoms with Gasteiger partial charge in [-0.05, 0) is 46.8 Å². The number of carbonyl (C=O) groups is 3. The van der Waals surface area contributed by atoms with Crippen molar-refractivity contribution in [2.75, 3.05) is 37.4 Å². The van der Waals surface area contributed by atoms with Crippen LogP contribution in [0.5, 0.6) is 5.75 Å². The third-order valence-corrected chi connectivity index (χ3v) is 6.42. The Morgan fingerprint density at radius 2 is 1.95 bits per heavy atom. The summed E-state index contributed by atoms with van der Waals surface area (Å²) >= 11 is 0. The lowest BCUT2D eigenvalue weighted by Gasteiger charge is -2.38. The number of hydrogen-bond donors (Lipinski definition) is 4. The van der Waals surface area contributed by atoms with E-state index in [-0.39, 0.29) is 48.4 Å². The first-order valence-corrected chi connectivity index (χ1v) is 12.7. The summed E-state index contributed by atoms with van der Waals surface area (Å²) in [6.07, 6.45) is -0.549. The van der Waals surface area contributed by atoms with E-state index in [1.54, 1.807) is 50.9 Å². The highest BCUT2D eigenvalue weighted by Crippen LogP contribution is 2.35. The van der Waals surface area contributed by atoms with E-state index in [1.165, 1.54) is 4.90 Å². The van der Waals surface area contributed by atoms with Gasteiger partial charge in [-0.15, -0.1) is 0 Å². The van der Waals surface area contributed by atoms with Gasteiger partial charge in [0, 0.05) is 25.6 Å². The topological polar surface area (TPSA) is 149 Å². The van der Waals surface area contributed by atoms with Crippen LogP contribution in [-0.2, 0) is 0 Å². The highest BCUT2D eigenvalue weighted by atomic mass is 16.5. The molecule has 0 saturated heterocycles. The summed E-state index contributed by atoms with van der Waals surface area (Å²) in [5, 5.41) is 22.1. The molecule has 0 aliphatic carbocycles. The smallest absolute Gasteiger partial charge is 0.321 e. The summed E-state index contributed by atoms with van der Waals surface area (Å²) in [5.74, 6) is 0.163. The molecule has 0 radical (unpaired) electrons. The first-order chi connectivity index (χ1) is 17.9. The number of amides is 5. The molecule has 3 atom stereocenters. The number of anilines is 2. The van der Waals surface area contributed by atoms with E-state index < -0.39 is 18.2 Å². The Hall–Kier alpha value is -3.80. The van der Waals surface area contributed by atoms with Crippen LogP contribution in [0.15, 0.2) is 22.7 Å². The van der Waals surface area contributed by atoms with E-state index >= 15 is 0 Å². The molecular weight excluding hydrogens is 492 g/mol. The number of carbonyl (C=O) groups excluding carboxylic acids is 3. The summed E-state index contributed by atoms with van der Waals surface area (Å²) in [7, 11) is 1.64. The van der Waals surface area contributed by atoms with E-state index in [4.69, 9.17) is 9.26 Å². The molecule has 12 heteroatoms. The van der Waals surface area contributed by atoms with Crippen molar-refractivity contribution in [1.82, 2.24) is 20.3 Å². The second kappa shape index (κ2) is 12.2. The van der Waals surface area contributed by atoms with Gasteiger partial charge in [-0.2, -0.15) is 0 Å². The van der Waals surface area contributed by atoms with Crippen molar-refractivity contribution in [3.63, 3.8) is 0 Å². The number of para-hydroxylation sites is 1. The van der Waals surface area contributed by atoms with Crippen molar-refractivity contribution in [1.29, 1.82) is 0 Å². The number of nitrogens with zero attached hydrogens (tertiary/aromatic N) is 3. The summed E-state index contributed by atoms with van der Waals surface area (Å²) in [4.78, 5) is 42.1. The third-order valence-electron chi connectivity index (χ3n) is 6.42. The first kappa shape index (κ1) is 28.8. The Balaban J connectivity index is 1.94. The number of urea groups is 2. The zero-order valence-corrected chi connectivity index (χ0v) is 23.0. The van der Waals surface area contributed by atoms with E-state index in [1.807, 2.05) is 20.8 Å². The van der Waals surface area contributed by atoms with E-state index in [9.17, 15) is 19.5 Å². The number of fused-ring (bicyclic) bond motifs is 1. The predicted molar refractivity (Wildman–Crippen MR) is 143 cm³/mol. The number of aromatic nitrogens is 1. The molecule has 1 aromatic carbocycles. The molecule has 1 aliphatic heterocycles. The molecule has 208 valence electrons. The molecule has 0 fully saturated rings. The number of aryl methyl sites for hydroxylation is 2. The maximum absolute atomic E-state index is 13.5. The van der Waals surface area contributed by atoms with Gasteiger partial charge in [-0.1, -0.05) is 18.1 Å². The second-order valence-electron chi connectivity index (χ2n) is 10.1. The number of nitrogens with one attached hydrogen (secondary N) is 3. The predicted octanol–water partition coefficient (Wildman–Crippen LogP) is 3.21. The van der Waals surface area contributed by atoms with Crippen LogP contribution in [-0.4, -0.2) is 83.0 Å². The van der Waals surface area contributed by atoms with Gasteiger partial charge in [-0.3, -0.25) is 4.79 Å². The molecule has 0 spiro atoms. The molecule has 12 nitrogen and oxygen atoms in total. The summed E-state index contributed by atoms with van der Waals surface area (Å²) < 4.78 is 11.5. The maximum Gasteiger partial charge on any atom is 0.321 e. The van der Waals surface area contributed by atoms with Crippen LogP contribution >= 0.6 is 0 Å². The molecule has 2 heterocycles. The molecule has 38 heavy (non-hydrogen) atoms. The first-order valence-electron chi connectivity index (χ1n) is 12.7. The van der Waals surface area contributed by atoms with Gasteiger partial charge in [0.15, 0.2) is 11.5 Å². The summed E-state index contributed by atoms with van der Waals surface area (Å²) in [6.45, 7) is 11.1. The Kier molecular flexibility index (Phi) is 9.21. The number of likely N-dealkylation sites (N-methyl/N-ethyl adjacent to an activating group) is 1. The normalized spacial score (nSPS) is 18.1. The number of hydrogen-bond acceptors (Lipinski definition) is 7. The van der Waals surface area contributed by atoms with Gasteiger partial charge in [0.2, 0.25) is 0 Å². The van der Waals surface area contributed by atoms with Crippen molar-refractivity contribution >= 4 is 29.3 Å². The van der Waals surface area contributed by atoms with Crippen molar-refractivity contribution < 1.29 is 28.8 Å². The molecule has 1 aliphatic rings. The standard InChI is InChI=1S/C26H38N6O6/c1-14(2)27-25(35)28-20-10-8-9-19-23(20)37-21(15(3)11-32(24(19)34)16(4)13-33)12-31(7)26(36)29-22-17(5)30-38-18(22)6/h8-10,14-16,21,33H,11-13H2,1-7H3,(H,29,36)(H2,27,28,35)/t15-,16+,21+/m0/s1. The number of rotatable bonds is 7. The molecule has 3 rings (SSSR count). The van der Waals surface area contributed by atoms with Crippen LogP contribution in [0.3, 0.4) is 0 Å². The fraction of sp³-hybridized carbons (Fsp3) is 0.538. The van der Waals surface area contributed by atoms with Crippen molar-refractivity contribution in [3.05, 3.63) is 35.2 Å². The minimum atomic E-state index is -0.549. The number of aliphatic hydroxyl groups excluding tert-OH is 1. The average Bonchev–Trinajstić information content (AvgIpc) is 3.17. The third kappa shape index (κ3) is 6.55. The van der Waals surface area contributed by atoms with Gasteiger partial charge in [0.05, 0.1) is 30.4 Å². The fourth-order valence-electron chi connectivity index (χ4n) is 4.20. The Bertz CT molecular complexity index is 1150. The second-order valence-corrected chi connectivity index (χ2v) is 10.1. The van der Waals surface area contributed by atoms with Crippen LogP contribution in [0, 0.1) is 19.8 Å². The van der Waals surface area contributed by atoms with E-state index in [2.05, 4.69) is 21.1 Å². The minimum absolute atomic E-state index is 0.0957. The zero-order chi connectivity index (χ0) is 28.1. The number of ether oxygens (including phenoxy) is 1. The van der Waals surface area contributed by atoms with Crippen LogP contribution in [0.2, 0.25) is 0 Å². The molecule has 1 aromatic heterocycles. The van der Waals surface area contributed by atoms with Crippen molar-refractivity contribution in [2.45, 2.75) is 59.7 Å². The van der Waals surface area contributed by atoms with Gasteiger partial charge >= 0.3 is 12.1 Å². The molecule has 5 amide bonds. The van der Waals surface area contributed by atoms with Crippen LogP contribution in [0.1, 0.15) is 49.5 Å². The lowest BCUT2D eigenvalue weighted by Crippen LogP contribution is -2.50. The lowest BCUT2D eigenvalue weighted by atomic mass is 9.99. The van der Waals surface area contributed by atoms with E-state index in [0.29, 0.717) is 29.4 Å². The largest absolute Gasteiger partial charge is 0.485 e. The van der Waals surface area contributed by atoms with Gasteiger partial charge in [-0.25, -0.2) is 9.59 Å². The Labute approximate surface area is 222 Å². The molecule has 0 unspecified atom stereocenters. The van der Waals surface area contributed by atoms with Crippen LogP contribution in [0.4, 0.5) is 21.0 Å². The zero-order valence-electron chi connectivity index (χ0n) is 23.0. The number of benzene rings is 1. The van der Waals surface area contributed by atoms with E-state index in [0.717, 1.165) is 0 Å². The van der Waals surface area contributed by atoms with Crippen molar-refractivity contribution in [2.24, 2.45) is 5.92 Å². The van der Waals surface area contributed by atoms with Gasteiger partial charge < -0.3 is 40.1 Å².